The Kier molecular flexibility index (Phi) is 3.42. The number of ether oxygens (including phenoxy) is 1. The third kappa shape index (κ3) is 2.10. The van der Waals surface area contributed by atoms with Crippen LogP contribution in [0.2, 0.25) is 0 Å². The molecule has 0 bridgehead atoms. The molecule has 1 N–H and O–H groups in total. The van der Waals surface area contributed by atoms with E-state index < -0.39 is 0 Å². The molecule has 3 heteroatoms. The van der Waals surface area contributed by atoms with Gasteiger partial charge in [-0.15, -0.1) is 0 Å². The topological polar surface area (TPSA) is 24.5 Å². The highest BCUT2D eigenvalue weighted by molar-refractivity contribution is 4.91. The zero-order valence-corrected chi connectivity index (χ0v) is 9.33. The standard InChI is InChI=1S/C11H22N2O/c1-3-14-10-7-13(8-10)11-4-5-12-6-9(11)2/h9-12H,3-8H2,1-2H3. The first kappa shape index (κ1) is 10.4. The van der Waals surface area contributed by atoms with Crippen LogP contribution in [0.4, 0.5) is 0 Å². The molecule has 2 heterocycles. The lowest BCUT2D eigenvalue weighted by molar-refractivity contribution is -0.0806. The second kappa shape index (κ2) is 4.60. The van der Waals surface area contributed by atoms with Crippen molar-refractivity contribution in [3.8, 4) is 0 Å². The molecule has 2 atom stereocenters. The molecular formula is C11H22N2O. The fourth-order valence-corrected chi connectivity index (χ4v) is 2.62. The number of piperidine rings is 1. The minimum Gasteiger partial charge on any atom is -0.376 e. The van der Waals surface area contributed by atoms with Gasteiger partial charge in [-0.25, -0.2) is 0 Å². The van der Waals surface area contributed by atoms with E-state index in [1.807, 2.05) is 0 Å². The van der Waals surface area contributed by atoms with Gasteiger partial charge in [0.05, 0.1) is 6.10 Å². The van der Waals surface area contributed by atoms with Gasteiger partial charge in [-0.1, -0.05) is 6.92 Å². The molecule has 0 radical (unpaired) electrons. The highest BCUT2D eigenvalue weighted by atomic mass is 16.5. The van der Waals surface area contributed by atoms with E-state index in [9.17, 15) is 0 Å². The van der Waals surface area contributed by atoms with Gasteiger partial charge in [0.2, 0.25) is 0 Å². The van der Waals surface area contributed by atoms with Crippen molar-refractivity contribution in [2.45, 2.75) is 32.4 Å². The fourth-order valence-electron chi connectivity index (χ4n) is 2.62. The largest absolute Gasteiger partial charge is 0.376 e. The van der Waals surface area contributed by atoms with Gasteiger partial charge in [0.15, 0.2) is 0 Å². The lowest BCUT2D eigenvalue weighted by Gasteiger charge is -2.47. The lowest BCUT2D eigenvalue weighted by atomic mass is 9.91. The molecule has 14 heavy (non-hydrogen) atoms. The van der Waals surface area contributed by atoms with E-state index >= 15 is 0 Å². The average Bonchev–Trinajstić information content (AvgIpc) is 2.12. The van der Waals surface area contributed by atoms with E-state index in [0.29, 0.717) is 6.10 Å². The molecule has 2 rings (SSSR count). The van der Waals surface area contributed by atoms with Crippen LogP contribution in [0.1, 0.15) is 20.3 Å². The van der Waals surface area contributed by atoms with Crippen LogP contribution in [0.3, 0.4) is 0 Å². The maximum absolute atomic E-state index is 5.58. The van der Waals surface area contributed by atoms with Crippen LogP contribution in [0.5, 0.6) is 0 Å². The molecule has 2 aliphatic heterocycles. The van der Waals surface area contributed by atoms with Crippen molar-refractivity contribution < 1.29 is 4.74 Å². The molecule has 2 fully saturated rings. The Morgan fingerprint density at radius 3 is 2.86 bits per heavy atom. The van der Waals surface area contributed by atoms with Crippen molar-refractivity contribution in [1.29, 1.82) is 0 Å². The summed E-state index contributed by atoms with van der Waals surface area (Å²) in [4.78, 5) is 2.59. The van der Waals surface area contributed by atoms with Gasteiger partial charge in [0.1, 0.15) is 0 Å². The smallest absolute Gasteiger partial charge is 0.0828 e. The molecule has 0 spiro atoms. The Balaban J connectivity index is 1.74. The first-order valence-corrected chi connectivity index (χ1v) is 5.87. The van der Waals surface area contributed by atoms with Crippen LogP contribution in [0, 0.1) is 5.92 Å². The highest BCUT2D eigenvalue weighted by Crippen LogP contribution is 2.24. The van der Waals surface area contributed by atoms with Crippen molar-refractivity contribution in [3.05, 3.63) is 0 Å². The van der Waals surface area contributed by atoms with Gasteiger partial charge in [0.25, 0.3) is 0 Å². The van der Waals surface area contributed by atoms with Crippen molar-refractivity contribution in [2.24, 2.45) is 5.92 Å². The molecule has 2 unspecified atom stereocenters. The van der Waals surface area contributed by atoms with Gasteiger partial charge in [-0.05, 0) is 32.4 Å². The monoisotopic (exact) mass is 198 g/mol. The normalized spacial score (nSPS) is 35.6. The number of hydrogen-bond donors (Lipinski definition) is 1. The SMILES string of the molecule is CCOC1CN(C2CCNCC2C)C1. The molecule has 0 aromatic rings. The Morgan fingerprint density at radius 2 is 2.21 bits per heavy atom. The predicted octanol–water partition coefficient (Wildman–Crippen LogP) is 0.705. The van der Waals surface area contributed by atoms with Crippen molar-refractivity contribution >= 4 is 0 Å². The number of likely N-dealkylation sites (tertiary alicyclic amines) is 1. The number of hydrogen-bond acceptors (Lipinski definition) is 3. The van der Waals surface area contributed by atoms with Gasteiger partial charge in [-0.3, -0.25) is 4.90 Å². The van der Waals surface area contributed by atoms with Gasteiger partial charge in [0, 0.05) is 25.7 Å². The molecular weight excluding hydrogens is 176 g/mol. The zero-order valence-electron chi connectivity index (χ0n) is 9.33. The molecule has 0 amide bonds. The second-order valence-corrected chi connectivity index (χ2v) is 4.57. The van der Waals surface area contributed by atoms with E-state index in [-0.39, 0.29) is 0 Å². The van der Waals surface area contributed by atoms with E-state index in [0.717, 1.165) is 31.7 Å². The summed E-state index contributed by atoms with van der Waals surface area (Å²) in [6.07, 6.45) is 1.82. The minimum absolute atomic E-state index is 0.516. The third-order valence-electron chi connectivity index (χ3n) is 3.49. The summed E-state index contributed by atoms with van der Waals surface area (Å²) in [5, 5.41) is 3.45. The lowest BCUT2D eigenvalue weighted by Crippen LogP contribution is -2.60. The zero-order chi connectivity index (χ0) is 9.97. The maximum Gasteiger partial charge on any atom is 0.0828 e. The second-order valence-electron chi connectivity index (χ2n) is 4.57. The molecule has 0 aromatic carbocycles. The molecule has 3 nitrogen and oxygen atoms in total. The summed E-state index contributed by atoms with van der Waals surface area (Å²) >= 11 is 0. The summed E-state index contributed by atoms with van der Waals surface area (Å²) in [6, 6.07) is 0.799. The fraction of sp³-hybridized carbons (Fsp3) is 1.00. The van der Waals surface area contributed by atoms with Crippen LogP contribution in [0.15, 0.2) is 0 Å². The van der Waals surface area contributed by atoms with E-state index in [1.165, 1.54) is 19.5 Å². The molecule has 2 saturated heterocycles. The van der Waals surface area contributed by atoms with Crippen molar-refractivity contribution in [2.75, 3.05) is 32.8 Å². The van der Waals surface area contributed by atoms with Crippen LogP contribution < -0.4 is 5.32 Å². The van der Waals surface area contributed by atoms with E-state index in [2.05, 4.69) is 24.1 Å². The Morgan fingerprint density at radius 1 is 1.43 bits per heavy atom. The number of nitrogens with one attached hydrogen (secondary N) is 1. The molecule has 82 valence electrons. The summed E-state index contributed by atoms with van der Waals surface area (Å²) in [7, 11) is 0. The minimum atomic E-state index is 0.516. The highest BCUT2D eigenvalue weighted by Gasteiger charge is 2.35. The average molecular weight is 198 g/mol. The third-order valence-corrected chi connectivity index (χ3v) is 3.49. The van der Waals surface area contributed by atoms with Gasteiger partial charge >= 0.3 is 0 Å². The molecule has 0 aromatic heterocycles. The van der Waals surface area contributed by atoms with Gasteiger partial charge < -0.3 is 10.1 Å². The predicted molar refractivity (Wildman–Crippen MR) is 57.4 cm³/mol. The van der Waals surface area contributed by atoms with Gasteiger partial charge in [-0.2, -0.15) is 0 Å². The van der Waals surface area contributed by atoms with Crippen LogP contribution in [-0.4, -0.2) is 49.8 Å². The number of nitrogens with zero attached hydrogens (tertiary/aromatic N) is 1. The van der Waals surface area contributed by atoms with Crippen LogP contribution in [-0.2, 0) is 4.74 Å². The first-order chi connectivity index (χ1) is 6.81. The summed E-state index contributed by atoms with van der Waals surface area (Å²) in [5.41, 5.74) is 0. The van der Waals surface area contributed by atoms with E-state index in [4.69, 9.17) is 4.74 Å². The molecule has 2 aliphatic rings. The first-order valence-electron chi connectivity index (χ1n) is 5.87. The van der Waals surface area contributed by atoms with E-state index in [1.54, 1.807) is 0 Å². The summed E-state index contributed by atoms with van der Waals surface area (Å²) in [5.74, 6) is 0.798. The molecule has 0 aliphatic carbocycles. The van der Waals surface area contributed by atoms with Crippen molar-refractivity contribution in [3.63, 3.8) is 0 Å². The van der Waals surface area contributed by atoms with Crippen LogP contribution >= 0.6 is 0 Å². The Labute approximate surface area is 86.8 Å². The molecule has 0 saturated carbocycles. The van der Waals surface area contributed by atoms with Crippen molar-refractivity contribution in [1.82, 2.24) is 10.2 Å². The Bertz CT molecular complexity index is 180. The van der Waals surface area contributed by atoms with Crippen LogP contribution in [0.25, 0.3) is 0 Å². The number of rotatable bonds is 3. The maximum atomic E-state index is 5.58. The Hall–Kier alpha value is -0.120. The summed E-state index contributed by atoms with van der Waals surface area (Å²) < 4.78 is 5.58. The summed E-state index contributed by atoms with van der Waals surface area (Å²) in [6.45, 7) is 9.97. The quantitative estimate of drug-likeness (QED) is 0.722.